The molecule has 0 amide bonds. The van der Waals surface area contributed by atoms with Crippen LogP contribution in [0.25, 0.3) is 0 Å². The number of rotatable bonds is 10. The largest absolute Gasteiger partial charge is 0.315 e. The number of sulfonamides is 1. The lowest BCUT2D eigenvalue weighted by Gasteiger charge is -2.24. The van der Waals surface area contributed by atoms with Crippen molar-refractivity contribution in [3.63, 3.8) is 0 Å². The molecule has 0 fully saturated rings. The summed E-state index contributed by atoms with van der Waals surface area (Å²) < 4.78 is 25.7. The van der Waals surface area contributed by atoms with E-state index in [2.05, 4.69) is 25.7 Å². The van der Waals surface area contributed by atoms with E-state index < -0.39 is 10.0 Å². The van der Waals surface area contributed by atoms with Gasteiger partial charge in [-0.25, -0.2) is 8.42 Å². The van der Waals surface area contributed by atoms with Gasteiger partial charge < -0.3 is 5.32 Å². The number of hydrogen-bond donors (Lipinski definition) is 1. The summed E-state index contributed by atoms with van der Waals surface area (Å²) in [5, 5.41) is 3.28. The van der Waals surface area contributed by atoms with Crippen LogP contribution in [-0.2, 0) is 10.0 Å². The zero-order valence-electron chi connectivity index (χ0n) is 12.1. The number of nitrogens with one attached hydrogen (secondary N) is 1. The van der Waals surface area contributed by atoms with Gasteiger partial charge >= 0.3 is 0 Å². The fourth-order valence-corrected chi connectivity index (χ4v) is 3.47. The highest BCUT2D eigenvalue weighted by Crippen LogP contribution is 2.09. The van der Waals surface area contributed by atoms with E-state index in [9.17, 15) is 8.42 Å². The molecule has 0 saturated carbocycles. The van der Waals surface area contributed by atoms with Gasteiger partial charge in [0.15, 0.2) is 0 Å². The van der Waals surface area contributed by atoms with Gasteiger partial charge in [-0.05, 0) is 33.2 Å². The van der Waals surface area contributed by atoms with E-state index in [0.29, 0.717) is 19.0 Å². The first-order chi connectivity index (χ1) is 8.31. The van der Waals surface area contributed by atoms with Gasteiger partial charge in [0.1, 0.15) is 0 Å². The second-order valence-electron chi connectivity index (χ2n) is 5.08. The molecule has 0 unspecified atom stereocenters. The predicted octanol–water partition coefficient (Wildman–Crippen LogP) is 1.99. The molecule has 0 atom stereocenters. The molecule has 0 aliphatic heterocycles. The van der Waals surface area contributed by atoms with Crippen LogP contribution < -0.4 is 5.32 Å². The third kappa shape index (κ3) is 7.13. The minimum absolute atomic E-state index is 0.0122. The van der Waals surface area contributed by atoms with E-state index in [1.807, 2.05) is 13.8 Å². The average molecular weight is 276 g/mol. The highest BCUT2D eigenvalue weighted by Gasteiger charge is 2.22. The van der Waals surface area contributed by atoms with Crippen molar-refractivity contribution in [3.8, 4) is 0 Å². The van der Waals surface area contributed by atoms with Crippen molar-refractivity contribution < 1.29 is 8.42 Å². The molecule has 0 aliphatic carbocycles. The normalized spacial score (nSPS) is 12.6. The molecule has 0 heterocycles. The van der Waals surface area contributed by atoms with Gasteiger partial charge in [0.2, 0.25) is 10.0 Å². The van der Waals surface area contributed by atoms with Crippen molar-refractivity contribution in [1.82, 2.24) is 9.62 Å². The SMILES string of the molecule is C=CCN(C(C)C)S(=O)(=O)CCCCNC(C)C. The van der Waals surface area contributed by atoms with Crippen molar-refractivity contribution in [3.05, 3.63) is 12.7 Å². The Kier molecular flexibility index (Phi) is 8.48. The van der Waals surface area contributed by atoms with Crippen LogP contribution in [0.1, 0.15) is 40.5 Å². The maximum atomic E-state index is 12.1. The van der Waals surface area contributed by atoms with Crippen LogP contribution in [0.5, 0.6) is 0 Å². The Hall–Kier alpha value is -0.390. The molecule has 0 aromatic rings. The lowest BCUT2D eigenvalue weighted by molar-refractivity contribution is 0.382. The standard InChI is InChI=1S/C13H28N2O2S/c1-6-10-15(13(4)5)18(16,17)11-8-7-9-14-12(2)3/h6,12-14H,1,7-11H2,2-5H3. The predicted molar refractivity (Wildman–Crippen MR) is 78.2 cm³/mol. The fraction of sp³-hybridized carbons (Fsp3) is 0.846. The van der Waals surface area contributed by atoms with Gasteiger partial charge in [-0.2, -0.15) is 4.31 Å². The molecule has 0 bridgehead atoms. The van der Waals surface area contributed by atoms with E-state index in [-0.39, 0.29) is 11.8 Å². The maximum absolute atomic E-state index is 12.1. The first-order valence-corrected chi connectivity index (χ1v) is 8.26. The molecule has 0 rings (SSSR count). The van der Waals surface area contributed by atoms with Gasteiger partial charge in [-0.3, -0.25) is 0 Å². The second-order valence-corrected chi connectivity index (χ2v) is 7.13. The van der Waals surface area contributed by atoms with E-state index in [1.165, 1.54) is 4.31 Å². The zero-order chi connectivity index (χ0) is 14.2. The van der Waals surface area contributed by atoms with E-state index in [1.54, 1.807) is 6.08 Å². The molecule has 0 aromatic carbocycles. The number of unbranched alkanes of at least 4 members (excludes halogenated alkanes) is 1. The minimum atomic E-state index is -3.15. The molecule has 108 valence electrons. The summed E-state index contributed by atoms with van der Waals surface area (Å²) in [6.07, 6.45) is 3.22. The second kappa shape index (κ2) is 8.67. The van der Waals surface area contributed by atoms with Crippen molar-refractivity contribution >= 4 is 10.0 Å². The van der Waals surface area contributed by atoms with Crippen molar-refractivity contribution in [2.24, 2.45) is 0 Å². The van der Waals surface area contributed by atoms with E-state index in [4.69, 9.17) is 0 Å². The molecular weight excluding hydrogens is 248 g/mol. The summed E-state index contributed by atoms with van der Waals surface area (Å²) in [4.78, 5) is 0. The molecule has 0 saturated heterocycles. The molecule has 4 nitrogen and oxygen atoms in total. The molecule has 5 heteroatoms. The van der Waals surface area contributed by atoms with Crippen molar-refractivity contribution in [2.75, 3.05) is 18.8 Å². The molecule has 18 heavy (non-hydrogen) atoms. The first-order valence-electron chi connectivity index (χ1n) is 6.65. The quantitative estimate of drug-likeness (QED) is 0.490. The third-order valence-electron chi connectivity index (χ3n) is 2.62. The molecule has 0 spiro atoms. The summed E-state index contributed by atoms with van der Waals surface area (Å²) in [5.41, 5.74) is 0. The summed E-state index contributed by atoms with van der Waals surface area (Å²) in [6, 6.07) is 0.441. The van der Waals surface area contributed by atoms with Crippen LogP contribution in [0.15, 0.2) is 12.7 Å². The van der Waals surface area contributed by atoms with Crippen molar-refractivity contribution in [1.29, 1.82) is 0 Å². The van der Waals surface area contributed by atoms with Crippen LogP contribution in [0.4, 0.5) is 0 Å². The van der Waals surface area contributed by atoms with Gasteiger partial charge in [0.25, 0.3) is 0 Å². The Morgan fingerprint density at radius 2 is 1.83 bits per heavy atom. The van der Waals surface area contributed by atoms with E-state index in [0.717, 1.165) is 13.0 Å². The van der Waals surface area contributed by atoms with Gasteiger partial charge in [0, 0.05) is 18.6 Å². The Labute approximate surface area is 112 Å². The molecular formula is C13H28N2O2S. The lowest BCUT2D eigenvalue weighted by Crippen LogP contribution is -2.38. The van der Waals surface area contributed by atoms with Gasteiger partial charge in [-0.1, -0.05) is 19.9 Å². The van der Waals surface area contributed by atoms with Gasteiger partial charge in [-0.15, -0.1) is 6.58 Å². The number of hydrogen-bond acceptors (Lipinski definition) is 3. The van der Waals surface area contributed by atoms with Crippen molar-refractivity contribution in [2.45, 2.75) is 52.6 Å². The van der Waals surface area contributed by atoms with Crippen LogP contribution >= 0.6 is 0 Å². The monoisotopic (exact) mass is 276 g/mol. The Morgan fingerprint density at radius 3 is 2.28 bits per heavy atom. The highest BCUT2D eigenvalue weighted by atomic mass is 32.2. The Bertz CT molecular complexity index is 324. The Morgan fingerprint density at radius 1 is 1.22 bits per heavy atom. The van der Waals surface area contributed by atoms with E-state index >= 15 is 0 Å². The molecule has 0 aliphatic rings. The first kappa shape index (κ1) is 17.6. The summed E-state index contributed by atoms with van der Waals surface area (Å²) in [5.74, 6) is 0.221. The molecule has 1 N–H and O–H groups in total. The van der Waals surface area contributed by atoms with Gasteiger partial charge in [0.05, 0.1) is 5.75 Å². The zero-order valence-corrected chi connectivity index (χ0v) is 13.0. The Balaban J connectivity index is 4.16. The lowest BCUT2D eigenvalue weighted by atomic mass is 10.3. The average Bonchev–Trinajstić information content (AvgIpc) is 2.24. The maximum Gasteiger partial charge on any atom is 0.214 e. The summed E-state index contributed by atoms with van der Waals surface area (Å²) >= 11 is 0. The number of nitrogens with zero attached hydrogens (tertiary/aromatic N) is 1. The summed E-state index contributed by atoms with van der Waals surface area (Å²) in [6.45, 7) is 12.8. The molecule has 0 radical (unpaired) electrons. The van der Waals surface area contributed by atoms with Crippen LogP contribution in [-0.4, -0.2) is 43.6 Å². The topological polar surface area (TPSA) is 49.4 Å². The fourth-order valence-electron chi connectivity index (χ4n) is 1.69. The van der Waals surface area contributed by atoms with Crippen LogP contribution in [0.3, 0.4) is 0 Å². The minimum Gasteiger partial charge on any atom is -0.315 e. The smallest absolute Gasteiger partial charge is 0.214 e. The molecule has 0 aromatic heterocycles. The van der Waals surface area contributed by atoms with Crippen LogP contribution in [0.2, 0.25) is 0 Å². The third-order valence-corrected chi connectivity index (χ3v) is 4.71. The summed E-state index contributed by atoms with van der Waals surface area (Å²) in [7, 11) is -3.15. The highest BCUT2D eigenvalue weighted by molar-refractivity contribution is 7.89. The van der Waals surface area contributed by atoms with Crippen LogP contribution in [0, 0.1) is 0 Å².